The highest BCUT2D eigenvalue weighted by atomic mass is 31.2. The Labute approximate surface area is 594 Å². The summed E-state index contributed by atoms with van der Waals surface area (Å²) >= 11 is 0. The standard InChI is InChI=1S/C78H152O17P2/c1-68(2)54-46-38-30-22-18-14-10-9-11-17-21-25-36-44-52-60-77(82)94-73(64-88-75(80)58-50-42-34-24-20-16-13-12-15-19-23-31-39-47-55-69(3)4)66-92-96(84,85)90-62-72(79)63-91-97(86,87)93-67-74(95-78(83)61-53-45-37-29-27-33-41-49-57-71(7)8)65-89-76(81)59-51-43-35-28-26-32-40-48-56-70(5)6/h68-74,79H,9-67H2,1-8H3,(H,84,85)(H,86,87)/t72?,73-,74-/m1/s1. The number of ether oxygens (including phenoxy) is 4. The van der Waals surface area contributed by atoms with E-state index in [9.17, 15) is 43.2 Å². The van der Waals surface area contributed by atoms with Crippen molar-refractivity contribution in [2.24, 2.45) is 23.7 Å². The van der Waals surface area contributed by atoms with Gasteiger partial charge in [0.05, 0.1) is 26.4 Å². The van der Waals surface area contributed by atoms with Crippen LogP contribution in [0.5, 0.6) is 0 Å². The third kappa shape index (κ3) is 72.2. The summed E-state index contributed by atoms with van der Waals surface area (Å²) in [7, 11) is -9.92. The van der Waals surface area contributed by atoms with E-state index in [1.165, 1.54) is 199 Å². The van der Waals surface area contributed by atoms with E-state index in [0.29, 0.717) is 25.7 Å². The predicted molar refractivity (Wildman–Crippen MR) is 395 cm³/mol. The SMILES string of the molecule is CC(C)CCCCCCCCCCCCCCCCCC(=O)O[C@H](COC(=O)CCCCCCCCCCCCCCCCC(C)C)COP(=O)(O)OCC(O)COP(=O)(O)OC[C@@H](COC(=O)CCCCCCCCCCC(C)C)OC(=O)CCCCCCCCCCC(C)C. The Hall–Kier alpha value is -1.94. The summed E-state index contributed by atoms with van der Waals surface area (Å²) in [5.74, 6) is 0.927. The van der Waals surface area contributed by atoms with Crippen molar-refractivity contribution in [2.45, 2.75) is 414 Å². The van der Waals surface area contributed by atoms with Crippen LogP contribution in [-0.4, -0.2) is 96.7 Å². The van der Waals surface area contributed by atoms with Crippen LogP contribution in [0.15, 0.2) is 0 Å². The smallest absolute Gasteiger partial charge is 0.462 e. The minimum absolute atomic E-state index is 0.104. The number of phosphoric ester groups is 2. The maximum Gasteiger partial charge on any atom is 0.472 e. The molecule has 0 rings (SSSR count). The van der Waals surface area contributed by atoms with E-state index >= 15 is 0 Å². The molecule has 0 spiro atoms. The van der Waals surface area contributed by atoms with Crippen LogP contribution in [0.3, 0.4) is 0 Å². The molecule has 0 fully saturated rings. The Morgan fingerprint density at radius 3 is 0.639 bits per heavy atom. The monoisotopic (exact) mass is 1420 g/mol. The number of esters is 4. The van der Waals surface area contributed by atoms with Crippen LogP contribution in [0.4, 0.5) is 0 Å². The van der Waals surface area contributed by atoms with Crippen LogP contribution in [-0.2, 0) is 65.4 Å². The molecule has 0 amide bonds. The molecule has 0 bridgehead atoms. The lowest BCUT2D eigenvalue weighted by Gasteiger charge is -2.21. The second kappa shape index (κ2) is 67.2. The zero-order valence-corrected chi connectivity index (χ0v) is 65.5. The number of aliphatic hydroxyl groups is 1. The van der Waals surface area contributed by atoms with Crippen LogP contribution >= 0.6 is 15.6 Å². The molecule has 19 heteroatoms. The van der Waals surface area contributed by atoms with Gasteiger partial charge in [-0.1, -0.05) is 344 Å². The van der Waals surface area contributed by atoms with Crippen molar-refractivity contribution in [3.8, 4) is 0 Å². The highest BCUT2D eigenvalue weighted by molar-refractivity contribution is 7.47. The van der Waals surface area contributed by atoms with Gasteiger partial charge in [0.1, 0.15) is 19.3 Å². The minimum atomic E-state index is -4.96. The van der Waals surface area contributed by atoms with Gasteiger partial charge in [-0.05, 0) is 49.4 Å². The fourth-order valence-corrected chi connectivity index (χ4v) is 13.5. The number of carbonyl (C=O) groups excluding carboxylic acids is 4. The first-order valence-corrected chi connectivity index (χ1v) is 43.2. The van der Waals surface area contributed by atoms with Gasteiger partial charge < -0.3 is 33.8 Å². The molecule has 0 aromatic carbocycles. The largest absolute Gasteiger partial charge is 0.472 e. The lowest BCUT2D eigenvalue weighted by molar-refractivity contribution is -0.161. The maximum atomic E-state index is 13.1. The van der Waals surface area contributed by atoms with Gasteiger partial charge in [0.2, 0.25) is 0 Å². The minimum Gasteiger partial charge on any atom is -0.462 e. The van der Waals surface area contributed by atoms with Gasteiger partial charge in [0, 0.05) is 25.7 Å². The van der Waals surface area contributed by atoms with Gasteiger partial charge in [0.25, 0.3) is 0 Å². The summed E-state index contributed by atoms with van der Waals surface area (Å²) in [4.78, 5) is 72.9. The molecule has 97 heavy (non-hydrogen) atoms. The first-order chi connectivity index (χ1) is 46.6. The molecule has 0 aliphatic rings. The Balaban J connectivity index is 5.24. The zero-order chi connectivity index (χ0) is 71.7. The predicted octanol–water partition coefficient (Wildman–Crippen LogP) is 22.8. The summed E-state index contributed by atoms with van der Waals surface area (Å²) in [5.41, 5.74) is 0. The van der Waals surface area contributed by atoms with Gasteiger partial charge in [-0.2, -0.15) is 0 Å². The van der Waals surface area contributed by atoms with Crippen LogP contribution in [0, 0.1) is 23.7 Å². The Kier molecular flexibility index (Phi) is 65.9. The second-order valence-electron chi connectivity index (χ2n) is 30.0. The number of rotatable bonds is 75. The first-order valence-electron chi connectivity index (χ1n) is 40.2. The lowest BCUT2D eigenvalue weighted by Crippen LogP contribution is -2.30. The maximum absolute atomic E-state index is 13.1. The van der Waals surface area contributed by atoms with E-state index in [2.05, 4.69) is 55.4 Å². The van der Waals surface area contributed by atoms with Crippen molar-refractivity contribution >= 4 is 39.5 Å². The van der Waals surface area contributed by atoms with Crippen molar-refractivity contribution in [3.05, 3.63) is 0 Å². The van der Waals surface area contributed by atoms with E-state index in [4.69, 9.17) is 37.0 Å². The molecule has 5 atom stereocenters. The number of hydrogen-bond acceptors (Lipinski definition) is 15. The van der Waals surface area contributed by atoms with Crippen molar-refractivity contribution in [3.63, 3.8) is 0 Å². The Morgan fingerprint density at radius 1 is 0.258 bits per heavy atom. The van der Waals surface area contributed by atoms with Gasteiger partial charge in [0.15, 0.2) is 12.2 Å². The average Bonchev–Trinajstić information content (AvgIpc) is 0.972. The summed E-state index contributed by atoms with van der Waals surface area (Å²) < 4.78 is 68.6. The molecule has 0 aliphatic carbocycles. The molecule has 0 aliphatic heterocycles. The molecule has 17 nitrogen and oxygen atoms in total. The zero-order valence-electron chi connectivity index (χ0n) is 63.7. The van der Waals surface area contributed by atoms with E-state index in [0.717, 1.165) is 114 Å². The van der Waals surface area contributed by atoms with Gasteiger partial charge >= 0.3 is 39.5 Å². The lowest BCUT2D eigenvalue weighted by atomic mass is 10.0. The Bertz CT molecular complexity index is 1900. The van der Waals surface area contributed by atoms with E-state index in [-0.39, 0.29) is 25.7 Å². The quantitative estimate of drug-likeness (QED) is 0.0222. The van der Waals surface area contributed by atoms with Gasteiger partial charge in [-0.15, -0.1) is 0 Å². The highest BCUT2D eigenvalue weighted by Gasteiger charge is 2.30. The fourth-order valence-electron chi connectivity index (χ4n) is 11.9. The van der Waals surface area contributed by atoms with Gasteiger partial charge in [-0.3, -0.25) is 37.3 Å². The van der Waals surface area contributed by atoms with E-state index < -0.39 is 97.5 Å². The topological polar surface area (TPSA) is 237 Å². The average molecular weight is 1420 g/mol. The summed E-state index contributed by atoms with van der Waals surface area (Å²) in [6, 6.07) is 0. The normalized spacial score (nSPS) is 14.1. The summed E-state index contributed by atoms with van der Waals surface area (Å²) in [6.45, 7) is 14.2. The molecule has 3 N–H and O–H groups in total. The van der Waals surface area contributed by atoms with Crippen molar-refractivity contribution < 1.29 is 80.2 Å². The van der Waals surface area contributed by atoms with Crippen molar-refractivity contribution in [1.82, 2.24) is 0 Å². The van der Waals surface area contributed by atoms with Crippen LogP contribution < -0.4 is 0 Å². The Morgan fingerprint density at radius 2 is 0.433 bits per heavy atom. The van der Waals surface area contributed by atoms with Crippen LogP contribution in [0.1, 0.15) is 396 Å². The third-order valence-electron chi connectivity index (χ3n) is 18.1. The first kappa shape index (κ1) is 95.1. The van der Waals surface area contributed by atoms with Crippen molar-refractivity contribution in [1.29, 1.82) is 0 Å². The molecule has 0 saturated heterocycles. The number of hydrogen-bond donors (Lipinski definition) is 3. The number of carbonyl (C=O) groups is 4. The molecule has 3 unspecified atom stereocenters. The second-order valence-corrected chi connectivity index (χ2v) is 32.9. The van der Waals surface area contributed by atoms with Crippen LogP contribution in [0.25, 0.3) is 0 Å². The fraction of sp³-hybridized carbons (Fsp3) is 0.949. The highest BCUT2D eigenvalue weighted by Crippen LogP contribution is 2.45. The third-order valence-corrected chi connectivity index (χ3v) is 20.0. The number of unbranched alkanes of at least 4 members (excludes halogenated alkanes) is 41. The molecule has 0 radical (unpaired) electrons. The van der Waals surface area contributed by atoms with Gasteiger partial charge in [-0.25, -0.2) is 9.13 Å². The molecule has 576 valence electrons. The number of phosphoric acid groups is 2. The molecule has 0 heterocycles. The molecular formula is C78H152O17P2. The summed E-state index contributed by atoms with van der Waals surface area (Å²) in [5, 5.41) is 10.6. The van der Waals surface area contributed by atoms with Crippen molar-refractivity contribution in [2.75, 3.05) is 39.6 Å². The van der Waals surface area contributed by atoms with Crippen LogP contribution in [0.2, 0.25) is 0 Å². The summed E-state index contributed by atoms with van der Waals surface area (Å²) in [6.07, 6.45) is 52.8. The van der Waals surface area contributed by atoms with E-state index in [1.54, 1.807) is 0 Å². The van der Waals surface area contributed by atoms with E-state index in [1.807, 2.05) is 0 Å². The molecular weight excluding hydrogens is 1270 g/mol. The molecule has 0 aromatic heterocycles. The number of aliphatic hydroxyl groups excluding tert-OH is 1. The molecule has 0 saturated carbocycles. The molecule has 0 aromatic rings.